The summed E-state index contributed by atoms with van der Waals surface area (Å²) >= 11 is 0. The first kappa shape index (κ1) is 19.3. The first-order valence-electron chi connectivity index (χ1n) is 7.82. The lowest BCUT2D eigenvalue weighted by atomic mass is 9.91. The van der Waals surface area contributed by atoms with Crippen molar-refractivity contribution in [3.63, 3.8) is 0 Å². The summed E-state index contributed by atoms with van der Waals surface area (Å²) in [5.74, 6) is -3.72. The molecule has 0 saturated carbocycles. The number of rotatable bonds is 6. The Balaban J connectivity index is 2.12. The van der Waals surface area contributed by atoms with E-state index in [2.05, 4.69) is 16.0 Å². The van der Waals surface area contributed by atoms with Gasteiger partial charge in [-0.25, -0.2) is 13.6 Å². The number of hydrogen-bond donors (Lipinski definition) is 3. The van der Waals surface area contributed by atoms with Gasteiger partial charge in [0.1, 0.15) is 23.7 Å². The smallest absolute Gasteiger partial charge is 0.325 e. The number of hydrogen-bond acceptors (Lipinski definition) is 4. The Labute approximate surface area is 147 Å². The second-order valence-corrected chi connectivity index (χ2v) is 5.80. The molecule has 1 saturated heterocycles. The van der Waals surface area contributed by atoms with Crippen molar-refractivity contribution in [1.82, 2.24) is 20.9 Å². The number of likely N-dealkylation sites (N-methyl/N-ethyl adjacent to an activating group) is 1. The molecule has 8 nitrogen and oxygen atoms in total. The normalized spacial score (nSPS) is 19.3. The van der Waals surface area contributed by atoms with Gasteiger partial charge in [0.05, 0.1) is 6.54 Å². The van der Waals surface area contributed by atoms with Crippen molar-refractivity contribution in [2.24, 2.45) is 0 Å². The van der Waals surface area contributed by atoms with Crippen LogP contribution in [0.4, 0.5) is 13.6 Å². The van der Waals surface area contributed by atoms with E-state index in [1.165, 1.54) is 6.92 Å². The summed E-state index contributed by atoms with van der Waals surface area (Å²) in [4.78, 5) is 48.4. The first-order valence-corrected chi connectivity index (χ1v) is 7.82. The van der Waals surface area contributed by atoms with Crippen LogP contribution in [0, 0.1) is 11.6 Å². The Morgan fingerprint density at radius 2 is 1.88 bits per heavy atom. The van der Waals surface area contributed by atoms with Gasteiger partial charge in [-0.3, -0.25) is 19.3 Å². The van der Waals surface area contributed by atoms with E-state index in [0.717, 1.165) is 18.2 Å². The molecular formula is C16H18F2N4O4. The van der Waals surface area contributed by atoms with Crippen LogP contribution in [0.3, 0.4) is 0 Å². The third kappa shape index (κ3) is 3.79. The number of carbonyl (C=O) groups is 4. The molecule has 1 aliphatic heterocycles. The highest BCUT2D eigenvalue weighted by Gasteiger charge is 2.50. The molecule has 1 atom stereocenters. The maximum Gasteiger partial charge on any atom is 0.325 e. The van der Waals surface area contributed by atoms with Crippen molar-refractivity contribution in [2.45, 2.75) is 19.4 Å². The molecule has 3 N–H and O–H groups in total. The quantitative estimate of drug-likeness (QED) is 0.614. The molecule has 0 radical (unpaired) electrons. The molecule has 1 aliphatic rings. The highest BCUT2D eigenvalue weighted by atomic mass is 19.1. The fourth-order valence-electron chi connectivity index (χ4n) is 2.54. The van der Waals surface area contributed by atoms with Crippen LogP contribution >= 0.6 is 0 Å². The lowest BCUT2D eigenvalue weighted by Gasteiger charge is -2.22. The number of urea groups is 1. The molecule has 2 rings (SSSR count). The zero-order valence-corrected chi connectivity index (χ0v) is 14.2. The average Bonchev–Trinajstić information content (AvgIpc) is 2.79. The number of imide groups is 1. The minimum atomic E-state index is -1.84. The molecule has 1 aromatic carbocycles. The largest absolute Gasteiger partial charge is 0.355 e. The third-order valence-electron chi connectivity index (χ3n) is 3.86. The summed E-state index contributed by atoms with van der Waals surface area (Å²) in [6.45, 7) is 2.35. The van der Waals surface area contributed by atoms with E-state index in [-0.39, 0.29) is 12.1 Å². The monoisotopic (exact) mass is 368 g/mol. The van der Waals surface area contributed by atoms with Crippen molar-refractivity contribution in [3.05, 3.63) is 35.4 Å². The second-order valence-electron chi connectivity index (χ2n) is 5.80. The van der Waals surface area contributed by atoms with Gasteiger partial charge < -0.3 is 16.0 Å². The van der Waals surface area contributed by atoms with Gasteiger partial charge in [-0.2, -0.15) is 0 Å². The van der Waals surface area contributed by atoms with Gasteiger partial charge >= 0.3 is 6.03 Å². The van der Waals surface area contributed by atoms with Gasteiger partial charge in [0.2, 0.25) is 11.8 Å². The zero-order valence-electron chi connectivity index (χ0n) is 14.2. The van der Waals surface area contributed by atoms with E-state index in [1.807, 2.05) is 0 Å². The van der Waals surface area contributed by atoms with E-state index < -0.39 is 47.5 Å². The predicted octanol–water partition coefficient (Wildman–Crippen LogP) is -0.0159. The number of nitrogens with one attached hydrogen (secondary N) is 3. The lowest BCUT2D eigenvalue weighted by Crippen LogP contribution is -2.45. The Bertz CT molecular complexity index is 771. The van der Waals surface area contributed by atoms with Crippen LogP contribution in [-0.4, -0.2) is 48.3 Å². The molecule has 1 heterocycles. The molecule has 0 bridgehead atoms. The molecule has 5 amide bonds. The summed E-state index contributed by atoms with van der Waals surface area (Å²) in [7, 11) is 0. The minimum absolute atomic E-state index is 0.313. The van der Waals surface area contributed by atoms with Crippen molar-refractivity contribution < 1.29 is 28.0 Å². The maximum atomic E-state index is 14.0. The fraction of sp³-hybridized carbons (Fsp3) is 0.375. The number of amides is 5. The Hall–Kier alpha value is -3.04. The second kappa shape index (κ2) is 7.46. The summed E-state index contributed by atoms with van der Waals surface area (Å²) in [6, 6.07) is 1.62. The topological polar surface area (TPSA) is 108 Å². The highest BCUT2D eigenvalue weighted by molar-refractivity contribution is 6.09. The number of benzene rings is 1. The van der Waals surface area contributed by atoms with Crippen LogP contribution in [0.2, 0.25) is 0 Å². The number of halogens is 2. The molecule has 140 valence electrons. The van der Waals surface area contributed by atoms with Crippen molar-refractivity contribution in [1.29, 1.82) is 0 Å². The Kier molecular flexibility index (Phi) is 5.53. The lowest BCUT2D eigenvalue weighted by molar-refractivity contribution is -0.135. The Morgan fingerprint density at radius 3 is 2.54 bits per heavy atom. The summed E-state index contributed by atoms with van der Waals surface area (Å²) in [5.41, 5.74) is -2.19. The summed E-state index contributed by atoms with van der Waals surface area (Å²) in [5, 5.41) is 7.01. The van der Waals surface area contributed by atoms with E-state index in [1.54, 1.807) is 6.92 Å². The van der Waals surface area contributed by atoms with Gasteiger partial charge in [-0.1, -0.05) is 0 Å². The van der Waals surface area contributed by atoms with Crippen LogP contribution in [0.5, 0.6) is 0 Å². The van der Waals surface area contributed by atoms with Gasteiger partial charge in [0.25, 0.3) is 5.91 Å². The molecule has 1 fully saturated rings. The van der Waals surface area contributed by atoms with Gasteiger partial charge in [-0.15, -0.1) is 0 Å². The number of carbonyl (C=O) groups excluding carboxylic acids is 4. The van der Waals surface area contributed by atoms with Gasteiger partial charge in [0, 0.05) is 12.1 Å². The molecule has 0 spiro atoms. The predicted molar refractivity (Wildman–Crippen MR) is 85.6 cm³/mol. The van der Waals surface area contributed by atoms with Crippen LogP contribution in [-0.2, 0) is 19.9 Å². The molecular weight excluding hydrogens is 350 g/mol. The molecule has 10 heteroatoms. The van der Waals surface area contributed by atoms with Crippen LogP contribution in [0.1, 0.15) is 19.4 Å². The van der Waals surface area contributed by atoms with E-state index in [4.69, 9.17) is 0 Å². The SMILES string of the molecule is CCNC(=O)CNC(=O)CN1C(=O)N[C@@](C)(c2cc(F)ccc2F)C1=O. The molecule has 0 aliphatic carbocycles. The summed E-state index contributed by atoms with van der Waals surface area (Å²) < 4.78 is 27.5. The Morgan fingerprint density at radius 1 is 1.19 bits per heavy atom. The molecule has 26 heavy (non-hydrogen) atoms. The first-order chi connectivity index (χ1) is 12.2. The minimum Gasteiger partial charge on any atom is -0.355 e. The third-order valence-corrected chi connectivity index (χ3v) is 3.86. The van der Waals surface area contributed by atoms with E-state index >= 15 is 0 Å². The van der Waals surface area contributed by atoms with E-state index in [0.29, 0.717) is 11.4 Å². The standard InChI is InChI=1S/C16H18F2N4O4/c1-3-19-12(23)7-20-13(24)8-22-14(25)16(2,21-15(22)26)10-6-9(17)4-5-11(10)18/h4-6H,3,7-8H2,1-2H3,(H,19,23)(H,20,24)(H,21,26)/t16-/m0/s1. The molecule has 0 unspecified atom stereocenters. The van der Waals surface area contributed by atoms with Crippen LogP contribution in [0.25, 0.3) is 0 Å². The summed E-state index contributed by atoms with van der Waals surface area (Å²) in [6.07, 6.45) is 0. The average molecular weight is 368 g/mol. The van der Waals surface area contributed by atoms with Crippen LogP contribution < -0.4 is 16.0 Å². The van der Waals surface area contributed by atoms with E-state index in [9.17, 15) is 28.0 Å². The van der Waals surface area contributed by atoms with Gasteiger partial charge in [-0.05, 0) is 32.0 Å². The highest BCUT2D eigenvalue weighted by Crippen LogP contribution is 2.31. The van der Waals surface area contributed by atoms with Crippen molar-refractivity contribution in [3.8, 4) is 0 Å². The van der Waals surface area contributed by atoms with Crippen molar-refractivity contribution >= 4 is 23.8 Å². The molecule has 1 aromatic rings. The number of nitrogens with zero attached hydrogens (tertiary/aromatic N) is 1. The van der Waals surface area contributed by atoms with Gasteiger partial charge in [0.15, 0.2) is 0 Å². The zero-order chi connectivity index (χ0) is 19.5. The molecule has 0 aromatic heterocycles. The van der Waals surface area contributed by atoms with Crippen molar-refractivity contribution in [2.75, 3.05) is 19.6 Å². The van der Waals surface area contributed by atoms with Crippen LogP contribution in [0.15, 0.2) is 18.2 Å². The maximum absolute atomic E-state index is 14.0. The fourth-order valence-corrected chi connectivity index (χ4v) is 2.54.